The van der Waals surface area contributed by atoms with Crippen molar-refractivity contribution in [1.82, 2.24) is 10.3 Å². The summed E-state index contributed by atoms with van der Waals surface area (Å²) in [7, 11) is 3.28. The largest absolute Gasteiger partial charge is 0.355 e. The Morgan fingerprint density at radius 3 is 2.67 bits per heavy atom. The molecule has 0 aromatic carbocycles. The van der Waals surface area contributed by atoms with Crippen molar-refractivity contribution in [1.29, 1.82) is 0 Å². The molecule has 1 atom stereocenters. The van der Waals surface area contributed by atoms with Crippen LogP contribution >= 0.6 is 11.3 Å². The number of thiazole rings is 1. The van der Waals surface area contributed by atoms with Gasteiger partial charge >= 0.3 is 0 Å². The zero-order valence-corrected chi connectivity index (χ0v) is 10.2. The fraction of sp³-hybridized carbons (Fsp3) is 0.700. The minimum atomic E-state index is -0.173. The third-order valence-electron chi connectivity index (χ3n) is 2.16. The summed E-state index contributed by atoms with van der Waals surface area (Å²) in [6.07, 6.45) is 1.66. The van der Waals surface area contributed by atoms with E-state index in [0.29, 0.717) is 12.5 Å². The Morgan fingerprint density at radius 1 is 1.40 bits per heavy atom. The Morgan fingerprint density at radius 2 is 2.13 bits per heavy atom. The lowest BCUT2D eigenvalue weighted by molar-refractivity contribution is -0.0987. The SMILES string of the molecule is COC(CNCC(C)c1nccs1)OC. The fourth-order valence-corrected chi connectivity index (χ4v) is 1.94. The molecule has 5 heteroatoms. The molecule has 0 fully saturated rings. The molecule has 1 aromatic rings. The molecule has 0 aliphatic carbocycles. The molecule has 1 N–H and O–H groups in total. The van der Waals surface area contributed by atoms with Crippen LogP contribution in [-0.2, 0) is 9.47 Å². The lowest BCUT2D eigenvalue weighted by atomic mass is 10.2. The van der Waals surface area contributed by atoms with Crippen LogP contribution in [0.2, 0.25) is 0 Å². The van der Waals surface area contributed by atoms with Gasteiger partial charge in [-0.1, -0.05) is 6.92 Å². The Bertz CT molecular complexity index is 250. The lowest BCUT2D eigenvalue weighted by Crippen LogP contribution is -2.32. The summed E-state index contributed by atoms with van der Waals surface area (Å²) >= 11 is 1.69. The van der Waals surface area contributed by atoms with E-state index in [-0.39, 0.29) is 6.29 Å². The van der Waals surface area contributed by atoms with E-state index < -0.39 is 0 Å². The average Bonchev–Trinajstić information content (AvgIpc) is 2.77. The van der Waals surface area contributed by atoms with Crippen molar-refractivity contribution in [3.05, 3.63) is 16.6 Å². The van der Waals surface area contributed by atoms with Gasteiger partial charge in [0.05, 0.1) is 5.01 Å². The van der Waals surface area contributed by atoms with Crippen molar-refractivity contribution in [3.63, 3.8) is 0 Å². The van der Waals surface area contributed by atoms with Crippen molar-refractivity contribution < 1.29 is 9.47 Å². The second kappa shape index (κ2) is 6.90. The van der Waals surface area contributed by atoms with E-state index in [9.17, 15) is 0 Å². The zero-order chi connectivity index (χ0) is 11.1. The number of nitrogens with zero attached hydrogens (tertiary/aromatic N) is 1. The summed E-state index contributed by atoms with van der Waals surface area (Å²) in [5, 5.41) is 6.45. The quantitative estimate of drug-likeness (QED) is 0.720. The minimum Gasteiger partial charge on any atom is -0.355 e. The Labute approximate surface area is 94.6 Å². The molecule has 1 aromatic heterocycles. The van der Waals surface area contributed by atoms with Crippen LogP contribution in [0.25, 0.3) is 0 Å². The standard InChI is InChI=1S/C10H18N2O2S/c1-8(10-12-4-5-15-10)6-11-7-9(13-2)14-3/h4-5,8-9,11H,6-7H2,1-3H3. The molecule has 0 saturated heterocycles. The van der Waals surface area contributed by atoms with E-state index in [0.717, 1.165) is 11.6 Å². The van der Waals surface area contributed by atoms with Gasteiger partial charge in [0.15, 0.2) is 6.29 Å². The zero-order valence-electron chi connectivity index (χ0n) is 9.40. The number of aromatic nitrogens is 1. The van der Waals surface area contributed by atoms with Crippen LogP contribution in [0.1, 0.15) is 17.8 Å². The van der Waals surface area contributed by atoms with Crippen molar-refractivity contribution in [2.24, 2.45) is 0 Å². The smallest absolute Gasteiger partial charge is 0.169 e. The van der Waals surface area contributed by atoms with Gasteiger partial charge in [0.1, 0.15) is 0 Å². The van der Waals surface area contributed by atoms with Gasteiger partial charge in [0, 0.05) is 44.8 Å². The highest BCUT2D eigenvalue weighted by Crippen LogP contribution is 2.16. The van der Waals surface area contributed by atoms with Gasteiger partial charge < -0.3 is 14.8 Å². The van der Waals surface area contributed by atoms with Gasteiger partial charge in [0.25, 0.3) is 0 Å². The van der Waals surface area contributed by atoms with Crippen molar-refractivity contribution in [2.75, 3.05) is 27.3 Å². The number of hydrogen-bond donors (Lipinski definition) is 1. The highest BCUT2D eigenvalue weighted by Gasteiger charge is 2.09. The van der Waals surface area contributed by atoms with Crippen LogP contribution in [0.5, 0.6) is 0 Å². The topological polar surface area (TPSA) is 43.4 Å². The maximum atomic E-state index is 5.07. The van der Waals surface area contributed by atoms with E-state index in [1.807, 2.05) is 11.6 Å². The Kier molecular flexibility index (Phi) is 5.78. The van der Waals surface area contributed by atoms with Crippen molar-refractivity contribution in [3.8, 4) is 0 Å². The van der Waals surface area contributed by atoms with Crippen LogP contribution in [0, 0.1) is 0 Å². The molecule has 0 bridgehead atoms. The molecule has 0 spiro atoms. The number of methoxy groups -OCH3 is 2. The number of ether oxygens (including phenoxy) is 2. The predicted molar refractivity (Wildman–Crippen MR) is 61.2 cm³/mol. The maximum absolute atomic E-state index is 5.07. The molecular formula is C10H18N2O2S. The normalized spacial score (nSPS) is 13.3. The number of hydrogen-bond acceptors (Lipinski definition) is 5. The summed E-state index contributed by atoms with van der Waals surface area (Å²) in [5.41, 5.74) is 0. The van der Waals surface area contributed by atoms with E-state index in [1.165, 1.54) is 0 Å². The van der Waals surface area contributed by atoms with Crippen LogP contribution < -0.4 is 5.32 Å². The molecule has 0 aliphatic heterocycles. The molecule has 0 amide bonds. The van der Waals surface area contributed by atoms with Crippen molar-refractivity contribution in [2.45, 2.75) is 19.1 Å². The summed E-state index contributed by atoms with van der Waals surface area (Å²) < 4.78 is 10.1. The van der Waals surface area contributed by atoms with Crippen LogP contribution in [0.15, 0.2) is 11.6 Å². The molecule has 86 valence electrons. The second-order valence-electron chi connectivity index (χ2n) is 3.33. The van der Waals surface area contributed by atoms with Gasteiger partial charge in [-0.2, -0.15) is 0 Å². The molecule has 15 heavy (non-hydrogen) atoms. The highest BCUT2D eigenvalue weighted by atomic mass is 32.1. The van der Waals surface area contributed by atoms with Crippen LogP contribution in [0.4, 0.5) is 0 Å². The summed E-state index contributed by atoms with van der Waals surface area (Å²) in [5.74, 6) is 0.430. The summed E-state index contributed by atoms with van der Waals surface area (Å²) in [4.78, 5) is 4.27. The summed E-state index contributed by atoms with van der Waals surface area (Å²) in [6, 6.07) is 0. The summed E-state index contributed by atoms with van der Waals surface area (Å²) in [6.45, 7) is 3.74. The molecule has 4 nitrogen and oxygen atoms in total. The van der Waals surface area contributed by atoms with Gasteiger partial charge in [0.2, 0.25) is 0 Å². The van der Waals surface area contributed by atoms with Crippen LogP contribution in [0.3, 0.4) is 0 Å². The molecule has 1 rings (SSSR count). The lowest BCUT2D eigenvalue weighted by Gasteiger charge is -2.15. The first-order valence-corrected chi connectivity index (χ1v) is 5.81. The monoisotopic (exact) mass is 230 g/mol. The molecule has 1 unspecified atom stereocenters. The number of nitrogens with one attached hydrogen (secondary N) is 1. The average molecular weight is 230 g/mol. The van der Waals surface area contributed by atoms with Gasteiger partial charge in [-0.05, 0) is 0 Å². The molecule has 1 heterocycles. The van der Waals surface area contributed by atoms with E-state index >= 15 is 0 Å². The first-order valence-electron chi connectivity index (χ1n) is 4.93. The predicted octanol–water partition coefficient (Wildman–Crippen LogP) is 1.46. The molecule has 0 aliphatic rings. The van der Waals surface area contributed by atoms with Crippen molar-refractivity contribution >= 4 is 11.3 Å². The van der Waals surface area contributed by atoms with Gasteiger partial charge in [-0.3, -0.25) is 0 Å². The molecular weight excluding hydrogens is 212 g/mol. The fourth-order valence-electron chi connectivity index (χ4n) is 1.25. The van der Waals surface area contributed by atoms with E-state index in [2.05, 4.69) is 17.2 Å². The molecule has 0 radical (unpaired) electrons. The van der Waals surface area contributed by atoms with E-state index in [4.69, 9.17) is 9.47 Å². The maximum Gasteiger partial charge on any atom is 0.169 e. The first-order chi connectivity index (χ1) is 7.27. The molecule has 0 saturated carbocycles. The highest BCUT2D eigenvalue weighted by molar-refractivity contribution is 7.09. The van der Waals surface area contributed by atoms with Crippen LogP contribution in [-0.4, -0.2) is 38.6 Å². The van der Waals surface area contributed by atoms with Gasteiger partial charge in [-0.15, -0.1) is 11.3 Å². The number of rotatable bonds is 7. The Hall–Kier alpha value is -0.490. The second-order valence-corrected chi connectivity index (χ2v) is 4.26. The third kappa shape index (κ3) is 4.25. The third-order valence-corrected chi connectivity index (χ3v) is 3.17. The minimum absolute atomic E-state index is 0.173. The first kappa shape index (κ1) is 12.6. The Balaban J connectivity index is 2.20. The van der Waals surface area contributed by atoms with E-state index in [1.54, 1.807) is 25.6 Å². The van der Waals surface area contributed by atoms with Gasteiger partial charge in [-0.25, -0.2) is 4.98 Å².